The maximum Gasteiger partial charge on any atom is 0.336 e. The number of aromatic nitrogens is 3. The maximum absolute atomic E-state index is 12.2. The van der Waals surface area contributed by atoms with Gasteiger partial charge >= 0.3 is 5.63 Å². The molecule has 0 saturated heterocycles. The second kappa shape index (κ2) is 5.11. The summed E-state index contributed by atoms with van der Waals surface area (Å²) in [6, 6.07) is 6.99. The summed E-state index contributed by atoms with van der Waals surface area (Å²) in [5, 5.41) is 6.72. The van der Waals surface area contributed by atoms with Crippen LogP contribution in [0.4, 0.5) is 0 Å². The van der Waals surface area contributed by atoms with E-state index >= 15 is 0 Å². The van der Waals surface area contributed by atoms with Crippen LogP contribution in [0, 0.1) is 0 Å². The number of fused-ring (bicyclic) bond motifs is 1. The number of benzene rings is 1. The lowest BCUT2D eigenvalue weighted by Crippen LogP contribution is -2.23. The number of rotatable bonds is 4. The van der Waals surface area contributed by atoms with Crippen molar-refractivity contribution in [2.75, 3.05) is 0 Å². The number of nitrogens with one attached hydrogen (secondary N) is 2. The van der Waals surface area contributed by atoms with Crippen LogP contribution >= 0.6 is 0 Å². The number of hydrogen-bond acceptors (Lipinski definition) is 6. The fraction of sp³-hybridized carbons (Fsp3) is 0.0833. The van der Waals surface area contributed by atoms with Gasteiger partial charge in [-0.1, -0.05) is 0 Å². The molecule has 0 saturated carbocycles. The van der Waals surface area contributed by atoms with Crippen LogP contribution in [-0.4, -0.2) is 23.6 Å². The molecule has 108 valence electrons. The van der Waals surface area contributed by atoms with Gasteiger partial charge in [-0.15, -0.1) is 0 Å². The van der Waals surface area contributed by atoms with Crippen molar-refractivity contribution in [2.45, 2.75) is 11.4 Å². The third-order valence-electron chi connectivity index (χ3n) is 2.80. The lowest BCUT2D eigenvalue weighted by atomic mass is 10.2. The Hall–Kier alpha value is -2.52. The van der Waals surface area contributed by atoms with Gasteiger partial charge in [0.1, 0.15) is 17.7 Å². The van der Waals surface area contributed by atoms with Crippen LogP contribution in [0.15, 0.2) is 50.8 Å². The topological polar surface area (TPSA) is 118 Å². The minimum absolute atomic E-state index is 0.00421. The largest absolute Gasteiger partial charge is 0.423 e. The first-order chi connectivity index (χ1) is 10.0. The number of nitrogens with zero attached hydrogens (tertiary/aromatic N) is 2. The lowest BCUT2D eigenvalue weighted by molar-refractivity contribution is 0.560. The van der Waals surface area contributed by atoms with Crippen molar-refractivity contribution in [1.82, 2.24) is 19.9 Å². The Morgan fingerprint density at radius 3 is 2.86 bits per heavy atom. The van der Waals surface area contributed by atoms with E-state index in [1.807, 2.05) is 0 Å². The Bertz CT molecular complexity index is 931. The maximum atomic E-state index is 12.2. The predicted octanol–water partition coefficient (Wildman–Crippen LogP) is 0.390. The first-order valence-electron chi connectivity index (χ1n) is 5.92. The third-order valence-corrected chi connectivity index (χ3v) is 4.19. The molecule has 0 spiro atoms. The number of sulfonamides is 1. The molecule has 0 aliphatic heterocycles. The third kappa shape index (κ3) is 2.83. The fourth-order valence-electron chi connectivity index (χ4n) is 1.78. The van der Waals surface area contributed by atoms with Crippen LogP contribution in [0.5, 0.6) is 0 Å². The Kier molecular flexibility index (Phi) is 3.28. The van der Waals surface area contributed by atoms with Crippen LogP contribution < -0.4 is 10.3 Å². The molecule has 21 heavy (non-hydrogen) atoms. The van der Waals surface area contributed by atoms with E-state index in [-0.39, 0.29) is 11.4 Å². The summed E-state index contributed by atoms with van der Waals surface area (Å²) < 4.78 is 31.7. The highest BCUT2D eigenvalue weighted by Gasteiger charge is 2.15. The van der Waals surface area contributed by atoms with E-state index in [2.05, 4.69) is 19.9 Å². The molecule has 1 aromatic carbocycles. The van der Waals surface area contributed by atoms with Crippen LogP contribution in [0.1, 0.15) is 5.82 Å². The zero-order valence-electron chi connectivity index (χ0n) is 10.6. The van der Waals surface area contributed by atoms with Crippen molar-refractivity contribution in [1.29, 1.82) is 0 Å². The molecule has 2 N–H and O–H groups in total. The van der Waals surface area contributed by atoms with Crippen LogP contribution in [0.25, 0.3) is 11.0 Å². The summed E-state index contributed by atoms with van der Waals surface area (Å²) in [6.07, 6.45) is 1.29. The summed E-state index contributed by atoms with van der Waals surface area (Å²) in [5.74, 6) is 0.408. The van der Waals surface area contributed by atoms with Crippen molar-refractivity contribution in [3.8, 4) is 0 Å². The number of aromatic amines is 1. The van der Waals surface area contributed by atoms with Crippen molar-refractivity contribution in [3.63, 3.8) is 0 Å². The Labute approximate surface area is 118 Å². The summed E-state index contributed by atoms with van der Waals surface area (Å²) in [4.78, 5) is 15.0. The molecule has 0 radical (unpaired) electrons. The highest BCUT2D eigenvalue weighted by molar-refractivity contribution is 7.89. The van der Waals surface area contributed by atoms with Gasteiger partial charge in [0.25, 0.3) is 0 Å². The van der Waals surface area contributed by atoms with E-state index in [0.717, 1.165) is 0 Å². The molecule has 0 fully saturated rings. The van der Waals surface area contributed by atoms with E-state index in [9.17, 15) is 13.2 Å². The minimum atomic E-state index is -3.70. The average molecular weight is 306 g/mol. The van der Waals surface area contributed by atoms with Crippen molar-refractivity contribution >= 4 is 21.0 Å². The van der Waals surface area contributed by atoms with Crippen LogP contribution in [-0.2, 0) is 16.6 Å². The van der Waals surface area contributed by atoms with Crippen LogP contribution in [0.2, 0.25) is 0 Å². The van der Waals surface area contributed by atoms with Gasteiger partial charge in [0, 0.05) is 11.5 Å². The van der Waals surface area contributed by atoms with Crippen LogP contribution in [0.3, 0.4) is 0 Å². The summed E-state index contributed by atoms with van der Waals surface area (Å²) in [7, 11) is -3.70. The van der Waals surface area contributed by atoms with E-state index in [1.54, 1.807) is 0 Å². The van der Waals surface area contributed by atoms with E-state index in [0.29, 0.717) is 16.8 Å². The van der Waals surface area contributed by atoms with Gasteiger partial charge < -0.3 is 4.42 Å². The molecule has 2 aromatic heterocycles. The smallest absolute Gasteiger partial charge is 0.336 e. The Balaban J connectivity index is 1.91. The zero-order valence-corrected chi connectivity index (χ0v) is 11.4. The fourth-order valence-corrected chi connectivity index (χ4v) is 2.80. The second-order valence-corrected chi connectivity index (χ2v) is 5.98. The standard InChI is InChI=1S/C12H10N4O4S/c17-12-4-1-8-5-9(2-3-10(8)20-12)21(18,19)15-6-11-13-7-14-16-11/h1-5,7,15H,6H2,(H,13,14,16). The molecule has 2 heterocycles. The van der Waals surface area contributed by atoms with Gasteiger partial charge in [-0.2, -0.15) is 5.10 Å². The average Bonchev–Trinajstić information content (AvgIpc) is 2.98. The van der Waals surface area contributed by atoms with Gasteiger partial charge in [0.15, 0.2) is 0 Å². The summed E-state index contributed by atoms with van der Waals surface area (Å²) in [6.45, 7) is 0.00421. The van der Waals surface area contributed by atoms with Gasteiger partial charge in [-0.05, 0) is 24.3 Å². The normalized spacial score (nSPS) is 11.8. The number of H-pyrrole nitrogens is 1. The lowest BCUT2D eigenvalue weighted by Gasteiger charge is -2.06. The molecule has 0 bridgehead atoms. The molecule has 0 unspecified atom stereocenters. The van der Waals surface area contributed by atoms with E-state index < -0.39 is 15.6 Å². The second-order valence-electron chi connectivity index (χ2n) is 4.21. The first kappa shape index (κ1) is 13.5. The van der Waals surface area contributed by atoms with Crippen molar-refractivity contribution < 1.29 is 12.8 Å². The minimum Gasteiger partial charge on any atom is -0.423 e. The monoisotopic (exact) mass is 306 g/mol. The molecule has 0 amide bonds. The molecule has 8 nitrogen and oxygen atoms in total. The SMILES string of the molecule is O=c1ccc2cc(S(=O)(=O)NCc3ncn[nH]3)ccc2o1. The Morgan fingerprint density at radius 2 is 2.10 bits per heavy atom. The molecular weight excluding hydrogens is 296 g/mol. The molecule has 0 aliphatic rings. The van der Waals surface area contributed by atoms with E-state index in [4.69, 9.17) is 4.42 Å². The van der Waals surface area contributed by atoms with Crippen molar-refractivity contribution in [3.05, 3.63) is 52.9 Å². The van der Waals surface area contributed by atoms with E-state index in [1.165, 1.54) is 36.7 Å². The molecule has 3 aromatic rings. The molecule has 0 atom stereocenters. The molecular formula is C12H10N4O4S. The van der Waals surface area contributed by atoms with Crippen molar-refractivity contribution in [2.24, 2.45) is 0 Å². The first-order valence-corrected chi connectivity index (χ1v) is 7.41. The van der Waals surface area contributed by atoms with Gasteiger partial charge in [0.05, 0.1) is 11.4 Å². The van der Waals surface area contributed by atoms with Gasteiger partial charge in [-0.25, -0.2) is 22.9 Å². The predicted molar refractivity (Wildman–Crippen MR) is 72.9 cm³/mol. The quantitative estimate of drug-likeness (QED) is 0.673. The molecule has 0 aliphatic carbocycles. The summed E-state index contributed by atoms with van der Waals surface area (Å²) >= 11 is 0. The number of hydrogen-bond donors (Lipinski definition) is 2. The summed E-state index contributed by atoms with van der Waals surface area (Å²) in [5.41, 5.74) is -0.154. The van der Waals surface area contributed by atoms with Gasteiger partial charge in [-0.3, -0.25) is 5.10 Å². The molecule has 3 rings (SSSR count). The highest BCUT2D eigenvalue weighted by atomic mass is 32.2. The van der Waals surface area contributed by atoms with Gasteiger partial charge in [0.2, 0.25) is 10.0 Å². The zero-order chi connectivity index (χ0) is 14.9. The Morgan fingerprint density at radius 1 is 1.24 bits per heavy atom. The highest BCUT2D eigenvalue weighted by Crippen LogP contribution is 2.17. The molecule has 9 heteroatoms.